The number of hydrogen-bond acceptors (Lipinski definition) is 10. The molecule has 0 aliphatic carbocycles. The van der Waals surface area contributed by atoms with E-state index in [0.717, 1.165) is 5.69 Å². The molecule has 0 fully saturated rings. The molecule has 35 heavy (non-hydrogen) atoms. The van der Waals surface area contributed by atoms with Crippen molar-refractivity contribution < 1.29 is 14.3 Å². The average Bonchev–Trinajstić information content (AvgIpc) is 3.10. The van der Waals surface area contributed by atoms with Gasteiger partial charge in [-0.15, -0.1) is 0 Å². The molecule has 0 unspecified atom stereocenters. The van der Waals surface area contributed by atoms with E-state index in [2.05, 4.69) is 41.0 Å². The van der Waals surface area contributed by atoms with Gasteiger partial charge in [-0.1, -0.05) is 0 Å². The maximum absolute atomic E-state index is 12.1. The number of nitrogens with one attached hydrogen (secondary N) is 3. The van der Waals surface area contributed by atoms with E-state index in [1.54, 1.807) is 70.3 Å². The minimum atomic E-state index is -0.605. The molecule has 0 saturated heterocycles. The largest absolute Gasteiger partial charge is 0.480 e. The number of carbonyl (C=O) groups is 1. The smallest absolute Gasteiger partial charge is 0.412 e. The summed E-state index contributed by atoms with van der Waals surface area (Å²) >= 11 is 0. The number of anilines is 5. The molecule has 0 aliphatic heterocycles. The van der Waals surface area contributed by atoms with Gasteiger partial charge in [-0.3, -0.25) is 10.3 Å². The minimum absolute atomic E-state index is 0.375. The molecule has 4 aromatic heterocycles. The molecule has 4 aromatic rings. The molecule has 4 rings (SSSR count). The van der Waals surface area contributed by atoms with E-state index in [0.29, 0.717) is 45.7 Å². The number of pyridine rings is 2. The van der Waals surface area contributed by atoms with E-state index in [1.807, 2.05) is 13.0 Å². The second-order valence-electron chi connectivity index (χ2n) is 8.70. The molecule has 0 bridgehead atoms. The van der Waals surface area contributed by atoms with Gasteiger partial charge < -0.3 is 20.1 Å². The van der Waals surface area contributed by atoms with Crippen molar-refractivity contribution >= 4 is 46.0 Å². The molecule has 0 spiro atoms. The summed E-state index contributed by atoms with van der Waals surface area (Å²) in [5.74, 6) is 1.36. The fraction of sp³-hybridized carbons (Fsp3) is 0.304. The van der Waals surface area contributed by atoms with E-state index < -0.39 is 11.7 Å². The molecular weight excluding hydrogens is 450 g/mol. The number of carbonyl (C=O) groups excluding carboxylic acids is 1. The highest BCUT2D eigenvalue weighted by Crippen LogP contribution is 2.29. The summed E-state index contributed by atoms with van der Waals surface area (Å²) in [5.41, 5.74) is 2.53. The van der Waals surface area contributed by atoms with Gasteiger partial charge in [0.2, 0.25) is 11.8 Å². The van der Waals surface area contributed by atoms with E-state index in [-0.39, 0.29) is 0 Å². The van der Waals surface area contributed by atoms with Crippen molar-refractivity contribution in [1.29, 1.82) is 0 Å². The number of ether oxygens (including phenoxy) is 2. The minimum Gasteiger partial charge on any atom is -0.480 e. The Morgan fingerprint density at radius 3 is 2.63 bits per heavy atom. The van der Waals surface area contributed by atoms with Gasteiger partial charge in [0.05, 0.1) is 35.8 Å². The standard InChI is InChI=1S/C23H27N9O3/c1-13-17(10-14(11-25-13)27-22(33)35-23(2,3)4)28-18-15-12-26-21(30-19(15)32(5)31-18)29-16-8-7-9-24-20(16)34-6/h7-12H,1-6H3,(H,27,33)(H,28,31)(H,26,29,30). The summed E-state index contributed by atoms with van der Waals surface area (Å²) in [4.78, 5) is 29.7. The van der Waals surface area contributed by atoms with Crippen molar-refractivity contribution in [3.63, 3.8) is 0 Å². The van der Waals surface area contributed by atoms with Crippen molar-refractivity contribution in [2.75, 3.05) is 23.1 Å². The van der Waals surface area contributed by atoms with Crippen molar-refractivity contribution in [2.45, 2.75) is 33.3 Å². The highest BCUT2D eigenvalue weighted by atomic mass is 16.6. The summed E-state index contributed by atoms with van der Waals surface area (Å²) in [5, 5.41) is 14.3. The van der Waals surface area contributed by atoms with E-state index in [4.69, 9.17) is 9.47 Å². The quantitative estimate of drug-likeness (QED) is 0.368. The molecule has 0 atom stereocenters. The number of nitrogens with zero attached hydrogens (tertiary/aromatic N) is 6. The number of methoxy groups -OCH3 is 1. The molecule has 3 N–H and O–H groups in total. The molecule has 1 amide bonds. The van der Waals surface area contributed by atoms with Crippen LogP contribution < -0.4 is 20.7 Å². The summed E-state index contributed by atoms with van der Waals surface area (Å²) in [6, 6.07) is 5.37. The van der Waals surface area contributed by atoms with E-state index in [1.165, 1.54) is 0 Å². The second kappa shape index (κ2) is 9.41. The van der Waals surface area contributed by atoms with Crippen LogP contribution in [0.25, 0.3) is 11.0 Å². The maximum atomic E-state index is 12.1. The Kier molecular flexibility index (Phi) is 6.36. The third-order valence-corrected chi connectivity index (χ3v) is 4.78. The number of aryl methyl sites for hydroxylation is 2. The summed E-state index contributed by atoms with van der Waals surface area (Å²) in [7, 11) is 3.34. The Morgan fingerprint density at radius 2 is 1.89 bits per heavy atom. The highest BCUT2D eigenvalue weighted by molar-refractivity contribution is 5.91. The Morgan fingerprint density at radius 1 is 1.09 bits per heavy atom. The first kappa shape index (κ1) is 23.7. The van der Waals surface area contributed by atoms with Crippen LogP contribution >= 0.6 is 0 Å². The Balaban J connectivity index is 1.57. The Bertz CT molecular complexity index is 1380. The van der Waals surface area contributed by atoms with Crippen LogP contribution in [0.5, 0.6) is 5.88 Å². The first-order chi connectivity index (χ1) is 16.6. The molecule has 182 valence electrons. The zero-order chi connectivity index (χ0) is 25.2. The summed E-state index contributed by atoms with van der Waals surface area (Å²) in [6.45, 7) is 7.25. The van der Waals surface area contributed by atoms with Crippen LogP contribution in [-0.2, 0) is 11.8 Å². The molecule has 0 saturated carbocycles. The third kappa shape index (κ3) is 5.54. The molecule has 0 aromatic carbocycles. The van der Waals surface area contributed by atoms with Crippen molar-refractivity contribution in [3.8, 4) is 5.88 Å². The maximum Gasteiger partial charge on any atom is 0.412 e. The number of fused-ring (bicyclic) bond motifs is 1. The fourth-order valence-electron chi connectivity index (χ4n) is 3.24. The first-order valence-electron chi connectivity index (χ1n) is 10.8. The van der Waals surface area contributed by atoms with Crippen LogP contribution in [-0.4, -0.2) is 48.5 Å². The van der Waals surface area contributed by atoms with Gasteiger partial charge in [-0.25, -0.2) is 19.4 Å². The topological polar surface area (TPSA) is 141 Å². The zero-order valence-corrected chi connectivity index (χ0v) is 20.4. The fourth-order valence-corrected chi connectivity index (χ4v) is 3.24. The molecule has 12 nitrogen and oxygen atoms in total. The number of amides is 1. The van der Waals surface area contributed by atoms with Gasteiger partial charge in [0.15, 0.2) is 11.5 Å². The molecule has 0 aliphatic rings. The lowest BCUT2D eigenvalue weighted by Crippen LogP contribution is -2.27. The van der Waals surface area contributed by atoms with Crippen LogP contribution in [0, 0.1) is 6.92 Å². The van der Waals surface area contributed by atoms with Crippen molar-refractivity contribution in [2.24, 2.45) is 7.05 Å². The van der Waals surface area contributed by atoms with Gasteiger partial charge in [0.1, 0.15) is 11.3 Å². The lowest BCUT2D eigenvalue weighted by molar-refractivity contribution is 0.0636. The number of aromatic nitrogens is 6. The van der Waals surface area contributed by atoms with Gasteiger partial charge in [-0.05, 0) is 45.9 Å². The predicted octanol–water partition coefficient (Wildman–Crippen LogP) is 4.30. The van der Waals surface area contributed by atoms with Gasteiger partial charge in [-0.2, -0.15) is 10.1 Å². The molecule has 0 radical (unpaired) electrons. The Hall–Kier alpha value is -4.48. The SMILES string of the molecule is COc1ncccc1Nc1ncc2c(Nc3cc(NC(=O)OC(C)(C)C)cnc3C)nn(C)c2n1. The lowest BCUT2D eigenvalue weighted by atomic mass is 10.2. The average molecular weight is 478 g/mol. The summed E-state index contributed by atoms with van der Waals surface area (Å²) < 4.78 is 12.2. The third-order valence-electron chi connectivity index (χ3n) is 4.78. The zero-order valence-electron chi connectivity index (χ0n) is 20.4. The van der Waals surface area contributed by atoms with Gasteiger partial charge >= 0.3 is 6.09 Å². The van der Waals surface area contributed by atoms with Crippen LogP contribution in [0.2, 0.25) is 0 Å². The van der Waals surface area contributed by atoms with E-state index in [9.17, 15) is 4.79 Å². The molecule has 12 heteroatoms. The monoisotopic (exact) mass is 477 g/mol. The predicted molar refractivity (Wildman–Crippen MR) is 132 cm³/mol. The molecule has 4 heterocycles. The second-order valence-corrected chi connectivity index (χ2v) is 8.70. The normalized spacial score (nSPS) is 11.3. The number of hydrogen-bond donors (Lipinski definition) is 3. The van der Waals surface area contributed by atoms with Crippen LogP contribution in [0.15, 0.2) is 36.8 Å². The lowest BCUT2D eigenvalue weighted by Gasteiger charge is -2.19. The van der Waals surface area contributed by atoms with Crippen LogP contribution in [0.1, 0.15) is 26.5 Å². The number of rotatable bonds is 6. The first-order valence-corrected chi connectivity index (χ1v) is 10.8. The van der Waals surface area contributed by atoms with Crippen LogP contribution in [0.3, 0.4) is 0 Å². The van der Waals surface area contributed by atoms with Crippen molar-refractivity contribution in [3.05, 3.63) is 42.5 Å². The summed E-state index contributed by atoms with van der Waals surface area (Å²) in [6.07, 6.45) is 4.32. The van der Waals surface area contributed by atoms with Crippen molar-refractivity contribution in [1.82, 2.24) is 29.7 Å². The molecular formula is C23H27N9O3. The van der Waals surface area contributed by atoms with Crippen LogP contribution in [0.4, 0.5) is 33.6 Å². The Labute approximate surface area is 202 Å². The van der Waals surface area contributed by atoms with E-state index >= 15 is 0 Å². The highest BCUT2D eigenvalue weighted by Gasteiger charge is 2.18. The van der Waals surface area contributed by atoms with Gasteiger partial charge in [0, 0.05) is 19.4 Å². The van der Waals surface area contributed by atoms with Gasteiger partial charge in [0.25, 0.3) is 0 Å².